The molecule has 2 nitrogen and oxygen atoms in total. The van der Waals surface area contributed by atoms with Crippen LogP contribution in [0.1, 0.15) is 44.1 Å². The molecule has 4 bridgehead atoms. The van der Waals surface area contributed by atoms with Gasteiger partial charge >= 0.3 is 0 Å². The lowest BCUT2D eigenvalue weighted by molar-refractivity contribution is -0.0745. The molecule has 0 unspecified atom stereocenters. The van der Waals surface area contributed by atoms with Gasteiger partial charge in [-0.2, -0.15) is 0 Å². The van der Waals surface area contributed by atoms with Crippen molar-refractivity contribution in [3.05, 3.63) is 29.8 Å². The molecular weight excluding hydrogens is 246 g/mol. The fourth-order valence-corrected chi connectivity index (χ4v) is 5.42. The number of rotatable bonds is 4. The predicted octanol–water partition coefficient (Wildman–Crippen LogP) is 3.74. The maximum atomic E-state index is 6.15. The highest BCUT2D eigenvalue weighted by Gasteiger charge is 2.51. The third-order valence-electron chi connectivity index (χ3n) is 5.87. The highest BCUT2D eigenvalue weighted by molar-refractivity contribution is 5.27. The van der Waals surface area contributed by atoms with Crippen LogP contribution < -0.4 is 10.5 Å². The van der Waals surface area contributed by atoms with Crippen LogP contribution in [0.15, 0.2) is 24.3 Å². The summed E-state index contributed by atoms with van der Waals surface area (Å²) < 4.78 is 6.15. The zero-order valence-corrected chi connectivity index (χ0v) is 12.2. The molecule has 0 saturated heterocycles. The van der Waals surface area contributed by atoms with Gasteiger partial charge in [-0.25, -0.2) is 0 Å². The number of benzene rings is 1. The second-order valence-corrected chi connectivity index (χ2v) is 7.55. The van der Waals surface area contributed by atoms with Crippen LogP contribution >= 0.6 is 0 Å². The number of hydrogen-bond donors (Lipinski definition) is 1. The summed E-state index contributed by atoms with van der Waals surface area (Å²) in [6.45, 7) is 1.54. The SMILES string of the molecule is NCc1ccc(OCC23CC4CC(CC(C4)C2)C3)cc1. The average Bonchev–Trinajstić information content (AvgIpc) is 2.44. The van der Waals surface area contributed by atoms with E-state index in [0.29, 0.717) is 12.0 Å². The molecule has 0 amide bonds. The van der Waals surface area contributed by atoms with E-state index in [1.54, 1.807) is 0 Å². The van der Waals surface area contributed by atoms with Crippen LogP contribution in [-0.2, 0) is 6.54 Å². The topological polar surface area (TPSA) is 35.2 Å². The third-order valence-corrected chi connectivity index (χ3v) is 5.87. The van der Waals surface area contributed by atoms with Crippen molar-refractivity contribution in [1.29, 1.82) is 0 Å². The molecule has 2 N–H and O–H groups in total. The first kappa shape index (κ1) is 12.7. The fraction of sp³-hybridized carbons (Fsp3) is 0.667. The number of hydrogen-bond acceptors (Lipinski definition) is 2. The molecule has 108 valence electrons. The quantitative estimate of drug-likeness (QED) is 0.905. The van der Waals surface area contributed by atoms with E-state index in [1.807, 2.05) is 0 Å². The summed E-state index contributed by atoms with van der Waals surface area (Å²) in [5.41, 5.74) is 7.31. The normalized spacial score (nSPS) is 38.1. The predicted molar refractivity (Wildman–Crippen MR) is 80.4 cm³/mol. The highest BCUT2D eigenvalue weighted by atomic mass is 16.5. The molecule has 0 aliphatic heterocycles. The third kappa shape index (κ3) is 2.24. The standard InChI is InChI=1S/C18H25NO/c19-11-13-1-3-17(4-2-13)20-12-18-8-14-5-15(9-18)7-16(6-14)10-18/h1-4,14-16H,5-12,19H2. The summed E-state index contributed by atoms with van der Waals surface area (Å²) in [6, 6.07) is 8.30. The van der Waals surface area contributed by atoms with Gasteiger partial charge in [0.25, 0.3) is 0 Å². The first-order chi connectivity index (χ1) is 9.75. The summed E-state index contributed by atoms with van der Waals surface area (Å²) in [5.74, 6) is 4.02. The average molecular weight is 271 g/mol. The molecule has 1 aromatic carbocycles. The van der Waals surface area contributed by atoms with Crippen molar-refractivity contribution >= 4 is 0 Å². The van der Waals surface area contributed by atoms with Gasteiger partial charge in [0.1, 0.15) is 5.75 Å². The van der Waals surface area contributed by atoms with Crippen LogP contribution in [0, 0.1) is 23.2 Å². The van der Waals surface area contributed by atoms with Crippen molar-refractivity contribution in [2.75, 3.05) is 6.61 Å². The fourth-order valence-electron chi connectivity index (χ4n) is 5.42. The second-order valence-electron chi connectivity index (χ2n) is 7.55. The molecule has 0 radical (unpaired) electrons. The summed E-state index contributed by atoms with van der Waals surface area (Å²) in [5, 5.41) is 0. The van der Waals surface area contributed by atoms with E-state index >= 15 is 0 Å². The van der Waals surface area contributed by atoms with Gasteiger partial charge < -0.3 is 10.5 Å². The zero-order chi connectivity index (χ0) is 13.6. The molecule has 4 aliphatic rings. The lowest BCUT2D eigenvalue weighted by atomic mass is 9.50. The van der Waals surface area contributed by atoms with Crippen LogP contribution in [0.5, 0.6) is 5.75 Å². The Bertz CT molecular complexity index is 443. The van der Waals surface area contributed by atoms with E-state index in [1.165, 1.54) is 44.1 Å². The molecular formula is C18H25NO. The van der Waals surface area contributed by atoms with Crippen LogP contribution in [0.25, 0.3) is 0 Å². The van der Waals surface area contributed by atoms with Crippen LogP contribution in [0.2, 0.25) is 0 Å². The molecule has 0 aromatic heterocycles. The van der Waals surface area contributed by atoms with Crippen molar-refractivity contribution in [3.8, 4) is 5.75 Å². The first-order valence-electron chi connectivity index (χ1n) is 8.16. The van der Waals surface area contributed by atoms with Gasteiger partial charge in [0.15, 0.2) is 0 Å². The molecule has 4 fully saturated rings. The zero-order valence-electron chi connectivity index (χ0n) is 12.2. The van der Waals surface area contributed by atoms with E-state index < -0.39 is 0 Å². The lowest BCUT2D eigenvalue weighted by Crippen LogP contribution is -2.48. The van der Waals surface area contributed by atoms with Gasteiger partial charge in [0.05, 0.1) is 6.61 Å². The van der Waals surface area contributed by atoms with Crippen LogP contribution in [0.4, 0.5) is 0 Å². The Morgan fingerprint density at radius 1 is 0.950 bits per heavy atom. The monoisotopic (exact) mass is 271 g/mol. The molecule has 5 rings (SSSR count). The van der Waals surface area contributed by atoms with Crippen LogP contribution in [-0.4, -0.2) is 6.61 Å². The van der Waals surface area contributed by atoms with Crippen molar-refractivity contribution in [2.45, 2.75) is 45.1 Å². The van der Waals surface area contributed by atoms with Crippen LogP contribution in [0.3, 0.4) is 0 Å². The minimum atomic E-state index is 0.501. The largest absolute Gasteiger partial charge is 0.493 e. The van der Waals surface area contributed by atoms with Gasteiger partial charge in [0.2, 0.25) is 0 Å². The molecule has 2 heteroatoms. The van der Waals surface area contributed by atoms with Crippen molar-refractivity contribution in [3.63, 3.8) is 0 Å². The van der Waals surface area contributed by atoms with Crippen molar-refractivity contribution in [1.82, 2.24) is 0 Å². The van der Waals surface area contributed by atoms with E-state index in [0.717, 1.165) is 30.1 Å². The summed E-state index contributed by atoms with van der Waals surface area (Å²) >= 11 is 0. The lowest BCUT2D eigenvalue weighted by Gasteiger charge is -2.56. The van der Waals surface area contributed by atoms with Gasteiger partial charge in [-0.3, -0.25) is 0 Å². The summed E-state index contributed by atoms with van der Waals surface area (Å²) in [4.78, 5) is 0. The smallest absolute Gasteiger partial charge is 0.119 e. The maximum Gasteiger partial charge on any atom is 0.119 e. The summed E-state index contributed by atoms with van der Waals surface area (Å²) in [7, 11) is 0. The Labute approximate surface area is 121 Å². The molecule has 0 spiro atoms. The van der Waals surface area contributed by atoms with E-state index in [2.05, 4.69) is 24.3 Å². The Balaban J connectivity index is 1.43. The number of ether oxygens (including phenoxy) is 1. The Morgan fingerprint density at radius 2 is 1.50 bits per heavy atom. The molecule has 0 atom stereocenters. The van der Waals surface area contributed by atoms with E-state index in [9.17, 15) is 0 Å². The second kappa shape index (κ2) is 4.77. The molecule has 4 aliphatic carbocycles. The molecule has 4 saturated carbocycles. The van der Waals surface area contributed by atoms with Crippen molar-refractivity contribution < 1.29 is 4.74 Å². The van der Waals surface area contributed by atoms with Gasteiger partial charge in [-0.05, 0) is 74.0 Å². The highest BCUT2D eigenvalue weighted by Crippen LogP contribution is 2.59. The van der Waals surface area contributed by atoms with E-state index in [-0.39, 0.29) is 0 Å². The molecule has 20 heavy (non-hydrogen) atoms. The van der Waals surface area contributed by atoms with Gasteiger partial charge in [-0.1, -0.05) is 12.1 Å². The Kier molecular flexibility index (Phi) is 3.03. The van der Waals surface area contributed by atoms with Gasteiger partial charge in [0, 0.05) is 12.0 Å². The minimum absolute atomic E-state index is 0.501. The Morgan fingerprint density at radius 3 is 2.00 bits per heavy atom. The minimum Gasteiger partial charge on any atom is -0.493 e. The van der Waals surface area contributed by atoms with Crippen molar-refractivity contribution in [2.24, 2.45) is 28.9 Å². The molecule has 1 aromatic rings. The Hall–Kier alpha value is -1.02. The first-order valence-corrected chi connectivity index (χ1v) is 8.16. The molecule has 0 heterocycles. The van der Waals surface area contributed by atoms with Gasteiger partial charge in [-0.15, -0.1) is 0 Å². The van der Waals surface area contributed by atoms with E-state index in [4.69, 9.17) is 10.5 Å². The summed E-state index contributed by atoms with van der Waals surface area (Å²) in [6.07, 6.45) is 8.76. The number of nitrogens with two attached hydrogens (primary N) is 1. The maximum absolute atomic E-state index is 6.15.